The van der Waals surface area contributed by atoms with E-state index in [2.05, 4.69) is 38.1 Å². The van der Waals surface area contributed by atoms with Crippen LogP contribution in [0.2, 0.25) is 0 Å². The third-order valence-corrected chi connectivity index (χ3v) is 4.27. The second kappa shape index (κ2) is 9.00. The van der Waals surface area contributed by atoms with Gasteiger partial charge in [-0.15, -0.1) is 0 Å². The summed E-state index contributed by atoms with van der Waals surface area (Å²) < 4.78 is 0. The fraction of sp³-hybridized carbons (Fsp3) is 0.167. The smallest absolute Gasteiger partial charge is 0.0717 e. The zero-order valence-corrected chi connectivity index (χ0v) is 16.7. The summed E-state index contributed by atoms with van der Waals surface area (Å²) in [4.78, 5) is 17.1. The average molecular weight is 368 g/mol. The third kappa shape index (κ3) is 5.30. The quantitative estimate of drug-likeness (QED) is 0.467. The van der Waals surface area contributed by atoms with E-state index in [4.69, 9.17) is 0 Å². The Morgan fingerprint density at radius 2 is 0.893 bits per heavy atom. The van der Waals surface area contributed by atoms with Gasteiger partial charge in [0.25, 0.3) is 0 Å². The van der Waals surface area contributed by atoms with Gasteiger partial charge in [0.2, 0.25) is 0 Å². The molecule has 4 aromatic rings. The molecule has 0 saturated heterocycles. The summed E-state index contributed by atoms with van der Waals surface area (Å²) in [5.74, 6) is 0. The van der Waals surface area contributed by atoms with Crippen LogP contribution in [0.3, 0.4) is 0 Å². The summed E-state index contributed by atoms with van der Waals surface area (Å²) in [6.07, 6.45) is 7.48. The van der Waals surface area contributed by atoms with Crippen LogP contribution in [-0.4, -0.2) is 19.9 Å². The first-order chi connectivity index (χ1) is 13.5. The van der Waals surface area contributed by atoms with Crippen LogP contribution in [0.4, 0.5) is 0 Å². The van der Waals surface area contributed by atoms with Crippen molar-refractivity contribution < 1.29 is 0 Å². The van der Waals surface area contributed by atoms with Crippen molar-refractivity contribution in [2.24, 2.45) is 0 Å². The molecule has 4 heterocycles. The molecular formula is C24H24N4. The van der Waals surface area contributed by atoms with E-state index >= 15 is 0 Å². The fourth-order valence-electron chi connectivity index (χ4n) is 2.54. The second-order valence-electron chi connectivity index (χ2n) is 6.79. The Hall–Kier alpha value is -3.40. The largest absolute Gasteiger partial charge is 0.261 e. The highest BCUT2D eigenvalue weighted by molar-refractivity contribution is 5.61. The molecule has 0 bridgehead atoms. The van der Waals surface area contributed by atoms with Crippen LogP contribution in [0, 0.1) is 27.7 Å². The van der Waals surface area contributed by atoms with Gasteiger partial charge >= 0.3 is 0 Å². The van der Waals surface area contributed by atoms with Gasteiger partial charge in [-0.25, -0.2) is 0 Å². The maximum absolute atomic E-state index is 4.34. The topological polar surface area (TPSA) is 51.6 Å². The van der Waals surface area contributed by atoms with Gasteiger partial charge in [0, 0.05) is 58.6 Å². The van der Waals surface area contributed by atoms with E-state index in [9.17, 15) is 0 Å². The minimum atomic E-state index is 0.975. The Bertz CT molecular complexity index is 830. The monoisotopic (exact) mass is 368 g/mol. The van der Waals surface area contributed by atoms with Crippen molar-refractivity contribution in [3.8, 4) is 22.4 Å². The first-order valence-corrected chi connectivity index (χ1v) is 9.22. The molecule has 0 atom stereocenters. The van der Waals surface area contributed by atoms with Gasteiger partial charge < -0.3 is 0 Å². The number of hydrogen-bond acceptors (Lipinski definition) is 4. The number of hydrogen-bond donors (Lipinski definition) is 0. The van der Waals surface area contributed by atoms with Gasteiger partial charge in [-0.2, -0.15) is 0 Å². The van der Waals surface area contributed by atoms with Crippen LogP contribution in [0.25, 0.3) is 22.4 Å². The third-order valence-electron chi connectivity index (χ3n) is 4.27. The lowest BCUT2D eigenvalue weighted by Crippen LogP contribution is -1.86. The van der Waals surface area contributed by atoms with Crippen molar-refractivity contribution in [3.05, 3.63) is 96.0 Å². The number of aryl methyl sites for hydroxylation is 4. The molecule has 0 aromatic carbocycles. The minimum absolute atomic E-state index is 0.975. The van der Waals surface area contributed by atoms with E-state index in [1.807, 2.05) is 82.8 Å². The molecule has 0 unspecified atom stereocenters. The summed E-state index contributed by atoms with van der Waals surface area (Å²) in [5, 5.41) is 0. The normalized spacial score (nSPS) is 10.1. The highest BCUT2D eigenvalue weighted by Crippen LogP contribution is 2.17. The molecule has 0 fully saturated rings. The standard InChI is InChI=1S/2C12H12N2/c1-9-3-6-12(14-7-9)11-5-4-10(2)13-8-11;1-9-3-5-11(7-13-9)12-6-4-10(2)14-8-12/h2*3-8H,1-2H3. The van der Waals surface area contributed by atoms with Crippen LogP contribution >= 0.6 is 0 Å². The molecule has 140 valence electrons. The molecular weight excluding hydrogens is 344 g/mol. The highest BCUT2D eigenvalue weighted by atomic mass is 14.7. The Labute approximate surface area is 166 Å². The van der Waals surface area contributed by atoms with E-state index in [-0.39, 0.29) is 0 Å². The second-order valence-corrected chi connectivity index (χ2v) is 6.79. The molecule has 0 amide bonds. The zero-order valence-electron chi connectivity index (χ0n) is 16.7. The first kappa shape index (κ1) is 19.4. The Balaban J connectivity index is 0.000000161. The Morgan fingerprint density at radius 3 is 1.25 bits per heavy atom. The Morgan fingerprint density at radius 1 is 0.429 bits per heavy atom. The van der Waals surface area contributed by atoms with E-state index in [1.165, 1.54) is 5.56 Å². The van der Waals surface area contributed by atoms with E-state index in [1.54, 1.807) is 0 Å². The lowest BCUT2D eigenvalue weighted by atomic mass is 10.1. The van der Waals surface area contributed by atoms with Gasteiger partial charge in [0.05, 0.1) is 5.69 Å². The van der Waals surface area contributed by atoms with Crippen LogP contribution in [0.1, 0.15) is 22.6 Å². The maximum atomic E-state index is 4.34. The number of aromatic nitrogens is 4. The maximum Gasteiger partial charge on any atom is 0.0717 e. The van der Waals surface area contributed by atoms with Crippen molar-refractivity contribution >= 4 is 0 Å². The predicted molar refractivity (Wildman–Crippen MR) is 114 cm³/mol. The summed E-state index contributed by atoms with van der Waals surface area (Å²) in [7, 11) is 0. The van der Waals surface area contributed by atoms with Gasteiger partial charge in [0.1, 0.15) is 0 Å². The number of nitrogens with zero attached hydrogens (tertiary/aromatic N) is 4. The first-order valence-electron chi connectivity index (χ1n) is 9.22. The summed E-state index contributed by atoms with van der Waals surface area (Å²) >= 11 is 0. The van der Waals surface area contributed by atoms with Crippen LogP contribution in [0.15, 0.2) is 73.3 Å². The highest BCUT2D eigenvalue weighted by Gasteiger charge is 1.98. The summed E-state index contributed by atoms with van der Waals surface area (Å²) in [6, 6.07) is 16.3. The van der Waals surface area contributed by atoms with Crippen molar-refractivity contribution in [3.63, 3.8) is 0 Å². The molecule has 0 saturated carbocycles. The van der Waals surface area contributed by atoms with E-state index in [0.29, 0.717) is 0 Å². The molecule has 0 aliphatic heterocycles. The van der Waals surface area contributed by atoms with Crippen molar-refractivity contribution in [2.45, 2.75) is 27.7 Å². The van der Waals surface area contributed by atoms with Crippen molar-refractivity contribution in [1.29, 1.82) is 0 Å². The SMILES string of the molecule is Cc1ccc(-c2ccc(C)nc2)cn1.Cc1ccc(-c2ccc(C)nc2)nc1. The van der Waals surface area contributed by atoms with Crippen molar-refractivity contribution in [1.82, 2.24) is 19.9 Å². The summed E-state index contributed by atoms with van der Waals surface area (Å²) in [5.41, 5.74) is 8.54. The molecule has 0 radical (unpaired) electrons. The van der Waals surface area contributed by atoms with Crippen LogP contribution in [-0.2, 0) is 0 Å². The molecule has 4 rings (SSSR count). The Kier molecular flexibility index (Phi) is 6.22. The van der Waals surface area contributed by atoms with Gasteiger partial charge in [-0.05, 0) is 63.6 Å². The molecule has 28 heavy (non-hydrogen) atoms. The van der Waals surface area contributed by atoms with Gasteiger partial charge in [0.15, 0.2) is 0 Å². The lowest BCUT2D eigenvalue weighted by Gasteiger charge is -2.01. The minimum Gasteiger partial charge on any atom is -0.261 e. The van der Waals surface area contributed by atoms with Gasteiger partial charge in [-0.1, -0.05) is 18.2 Å². The van der Waals surface area contributed by atoms with Gasteiger partial charge in [-0.3, -0.25) is 19.9 Å². The average Bonchev–Trinajstić information content (AvgIpc) is 2.71. The van der Waals surface area contributed by atoms with Crippen molar-refractivity contribution in [2.75, 3.05) is 0 Å². The fourth-order valence-corrected chi connectivity index (χ4v) is 2.54. The molecule has 0 N–H and O–H groups in total. The molecule has 0 aliphatic rings. The number of pyridine rings is 4. The van der Waals surface area contributed by atoms with Crippen LogP contribution in [0.5, 0.6) is 0 Å². The lowest BCUT2D eigenvalue weighted by molar-refractivity contribution is 1.18. The van der Waals surface area contributed by atoms with Crippen LogP contribution < -0.4 is 0 Å². The van der Waals surface area contributed by atoms with E-state index < -0.39 is 0 Å². The zero-order chi connectivity index (χ0) is 19.9. The molecule has 4 heteroatoms. The molecule has 4 aromatic heterocycles. The molecule has 0 aliphatic carbocycles. The number of rotatable bonds is 2. The summed E-state index contributed by atoms with van der Waals surface area (Å²) in [6.45, 7) is 7.98. The van der Waals surface area contributed by atoms with E-state index in [0.717, 1.165) is 39.5 Å². The predicted octanol–water partition coefficient (Wildman–Crippen LogP) is 5.52. The molecule has 4 nitrogen and oxygen atoms in total. The molecule has 0 spiro atoms.